The number of hydrogen-bond donors (Lipinski definition) is 1. The highest BCUT2D eigenvalue weighted by atomic mass is 32.2. The first kappa shape index (κ1) is 19.7. The molecular formula is C21H21NO5S. The summed E-state index contributed by atoms with van der Waals surface area (Å²) >= 11 is 0. The molecule has 6 nitrogen and oxygen atoms in total. The van der Waals surface area contributed by atoms with E-state index in [2.05, 4.69) is 4.72 Å². The third-order valence-corrected chi connectivity index (χ3v) is 5.74. The molecule has 0 saturated heterocycles. The second kappa shape index (κ2) is 7.90. The lowest BCUT2D eigenvalue weighted by atomic mass is 10.0. The summed E-state index contributed by atoms with van der Waals surface area (Å²) < 4.78 is 37.9. The second-order valence-corrected chi connectivity index (χ2v) is 7.88. The molecule has 1 N–H and O–H groups in total. The quantitative estimate of drug-likeness (QED) is 0.754. The van der Waals surface area contributed by atoms with E-state index in [0.29, 0.717) is 16.9 Å². The Balaban J connectivity index is 1.97. The summed E-state index contributed by atoms with van der Waals surface area (Å²) in [5.74, 6) is 0.0676. The zero-order valence-corrected chi connectivity index (χ0v) is 16.7. The number of methoxy groups -OCH3 is 1. The van der Waals surface area contributed by atoms with Gasteiger partial charge in [0.2, 0.25) is 0 Å². The smallest absolute Gasteiger partial charge is 0.338 e. The summed E-state index contributed by atoms with van der Waals surface area (Å²) in [7, 11) is -2.30. The van der Waals surface area contributed by atoms with Crippen molar-refractivity contribution in [2.24, 2.45) is 0 Å². The van der Waals surface area contributed by atoms with Gasteiger partial charge in [0, 0.05) is 11.8 Å². The zero-order valence-electron chi connectivity index (χ0n) is 15.9. The fourth-order valence-electron chi connectivity index (χ4n) is 2.97. The van der Waals surface area contributed by atoms with E-state index in [0.717, 1.165) is 16.7 Å². The van der Waals surface area contributed by atoms with Crippen molar-refractivity contribution in [1.82, 2.24) is 4.72 Å². The molecule has 0 amide bonds. The fourth-order valence-corrected chi connectivity index (χ4v) is 3.87. The van der Waals surface area contributed by atoms with Crippen LogP contribution >= 0.6 is 0 Å². The molecule has 2 aromatic rings. The number of hydrogen-bond acceptors (Lipinski definition) is 5. The molecule has 0 aromatic heterocycles. The SMILES string of the molecule is CCOC(=O)C1=Cc2c(C)cccc2/C1=C/NS(=O)(=O)c1ccc(OC)cc1. The van der Waals surface area contributed by atoms with E-state index < -0.39 is 16.0 Å². The van der Waals surface area contributed by atoms with E-state index >= 15 is 0 Å². The average molecular weight is 399 g/mol. The molecule has 0 saturated carbocycles. The number of ether oxygens (including phenoxy) is 2. The number of rotatable bonds is 6. The third kappa shape index (κ3) is 3.80. The Kier molecular flexibility index (Phi) is 5.56. The molecule has 0 aliphatic heterocycles. The second-order valence-electron chi connectivity index (χ2n) is 6.17. The number of carbonyl (C=O) groups is 1. The van der Waals surface area contributed by atoms with Crippen LogP contribution in [0.3, 0.4) is 0 Å². The fraction of sp³-hybridized carbons (Fsp3) is 0.190. The van der Waals surface area contributed by atoms with Gasteiger partial charge in [-0.05, 0) is 60.9 Å². The Morgan fingerprint density at radius 1 is 1.14 bits per heavy atom. The van der Waals surface area contributed by atoms with Crippen LogP contribution in [-0.2, 0) is 19.6 Å². The van der Waals surface area contributed by atoms with Crippen molar-refractivity contribution in [2.45, 2.75) is 18.7 Å². The maximum absolute atomic E-state index is 12.6. The summed E-state index contributed by atoms with van der Waals surface area (Å²) in [6.07, 6.45) is 3.07. The van der Waals surface area contributed by atoms with Gasteiger partial charge in [-0.3, -0.25) is 4.72 Å². The molecule has 0 unspecified atom stereocenters. The summed E-state index contributed by atoms with van der Waals surface area (Å²) in [6.45, 7) is 3.89. The summed E-state index contributed by atoms with van der Waals surface area (Å²) in [6, 6.07) is 11.7. The van der Waals surface area contributed by atoms with Crippen molar-refractivity contribution >= 4 is 27.6 Å². The van der Waals surface area contributed by atoms with Gasteiger partial charge in [0.15, 0.2) is 0 Å². The highest BCUT2D eigenvalue weighted by Gasteiger charge is 2.26. The van der Waals surface area contributed by atoms with E-state index in [1.807, 2.05) is 25.1 Å². The highest BCUT2D eigenvalue weighted by molar-refractivity contribution is 7.89. The number of fused-ring (bicyclic) bond motifs is 1. The van der Waals surface area contributed by atoms with Crippen molar-refractivity contribution in [3.05, 3.63) is 70.9 Å². The standard InChI is InChI=1S/C21H21NO5S/c1-4-27-21(23)19-12-18-14(2)6-5-7-17(18)20(19)13-22-28(24,25)16-10-8-15(26-3)9-11-16/h5-13,22H,4H2,1-3H3/b20-13-. The molecular weight excluding hydrogens is 378 g/mol. The van der Waals surface area contributed by atoms with Crippen molar-refractivity contribution in [3.63, 3.8) is 0 Å². The molecule has 0 fully saturated rings. The number of sulfonamides is 1. The minimum Gasteiger partial charge on any atom is -0.497 e. The summed E-state index contributed by atoms with van der Waals surface area (Å²) in [5.41, 5.74) is 3.44. The number of carbonyl (C=O) groups excluding carboxylic acids is 1. The predicted octanol–water partition coefficient (Wildman–Crippen LogP) is 3.28. The van der Waals surface area contributed by atoms with E-state index in [-0.39, 0.29) is 11.5 Å². The Hall–Kier alpha value is -3.06. The number of benzene rings is 2. The number of aryl methyl sites for hydroxylation is 1. The molecule has 7 heteroatoms. The lowest BCUT2D eigenvalue weighted by Gasteiger charge is -2.10. The van der Waals surface area contributed by atoms with E-state index in [9.17, 15) is 13.2 Å². The molecule has 2 aromatic carbocycles. The Morgan fingerprint density at radius 3 is 2.50 bits per heavy atom. The number of nitrogens with one attached hydrogen (secondary N) is 1. The maximum Gasteiger partial charge on any atom is 0.338 e. The molecule has 0 spiro atoms. The molecule has 0 bridgehead atoms. The normalized spacial score (nSPS) is 14.4. The van der Waals surface area contributed by atoms with Crippen LogP contribution in [-0.4, -0.2) is 28.1 Å². The van der Waals surface area contributed by atoms with Gasteiger partial charge in [-0.1, -0.05) is 18.2 Å². The van der Waals surface area contributed by atoms with Gasteiger partial charge in [0.25, 0.3) is 10.0 Å². The Labute approximate surface area is 164 Å². The maximum atomic E-state index is 12.6. The number of esters is 1. The lowest BCUT2D eigenvalue weighted by molar-refractivity contribution is -0.137. The van der Waals surface area contributed by atoms with Gasteiger partial charge >= 0.3 is 5.97 Å². The van der Waals surface area contributed by atoms with Crippen LogP contribution in [0.5, 0.6) is 5.75 Å². The molecule has 1 aliphatic rings. The van der Waals surface area contributed by atoms with Crippen LogP contribution < -0.4 is 9.46 Å². The monoisotopic (exact) mass is 399 g/mol. The van der Waals surface area contributed by atoms with E-state index in [1.165, 1.54) is 25.4 Å². The highest BCUT2D eigenvalue weighted by Crippen LogP contribution is 2.37. The van der Waals surface area contributed by atoms with Crippen LogP contribution in [0.2, 0.25) is 0 Å². The van der Waals surface area contributed by atoms with Crippen LogP contribution in [0.4, 0.5) is 0 Å². The first-order valence-electron chi connectivity index (χ1n) is 8.73. The topological polar surface area (TPSA) is 81.7 Å². The molecule has 0 heterocycles. The molecule has 28 heavy (non-hydrogen) atoms. The Bertz CT molecular complexity index is 1070. The van der Waals surface area contributed by atoms with Crippen LogP contribution in [0.25, 0.3) is 11.6 Å². The van der Waals surface area contributed by atoms with Crippen LogP contribution in [0, 0.1) is 6.92 Å². The van der Waals surface area contributed by atoms with E-state index in [1.54, 1.807) is 25.1 Å². The largest absolute Gasteiger partial charge is 0.497 e. The summed E-state index contributed by atoms with van der Waals surface area (Å²) in [5, 5.41) is 0. The van der Waals surface area contributed by atoms with Gasteiger partial charge in [0.05, 0.1) is 24.2 Å². The first-order chi connectivity index (χ1) is 13.4. The minimum absolute atomic E-state index is 0.0919. The van der Waals surface area contributed by atoms with Gasteiger partial charge in [-0.25, -0.2) is 13.2 Å². The van der Waals surface area contributed by atoms with Gasteiger partial charge in [-0.15, -0.1) is 0 Å². The minimum atomic E-state index is -3.81. The zero-order chi connectivity index (χ0) is 20.3. The lowest BCUT2D eigenvalue weighted by Crippen LogP contribution is -2.19. The molecule has 0 radical (unpaired) electrons. The molecule has 3 rings (SSSR count). The van der Waals surface area contributed by atoms with Crippen molar-refractivity contribution < 1.29 is 22.7 Å². The van der Waals surface area contributed by atoms with Gasteiger partial charge in [0.1, 0.15) is 5.75 Å². The average Bonchev–Trinajstić information content (AvgIpc) is 3.07. The summed E-state index contributed by atoms with van der Waals surface area (Å²) in [4.78, 5) is 12.5. The molecule has 146 valence electrons. The van der Waals surface area contributed by atoms with Crippen molar-refractivity contribution in [2.75, 3.05) is 13.7 Å². The molecule has 1 aliphatic carbocycles. The third-order valence-electron chi connectivity index (χ3n) is 4.42. The van der Waals surface area contributed by atoms with Crippen LogP contribution in [0.1, 0.15) is 23.6 Å². The van der Waals surface area contributed by atoms with Crippen LogP contribution in [0.15, 0.2) is 59.1 Å². The first-order valence-corrected chi connectivity index (χ1v) is 10.2. The van der Waals surface area contributed by atoms with E-state index in [4.69, 9.17) is 9.47 Å². The van der Waals surface area contributed by atoms with Crippen molar-refractivity contribution in [3.8, 4) is 5.75 Å². The Morgan fingerprint density at radius 2 is 1.86 bits per heavy atom. The molecule has 0 atom stereocenters. The predicted molar refractivity (Wildman–Crippen MR) is 107 cm³/mol. The van der Waals surface area contributed by atoms with Gasteiger partial charge in [-0.2, -0.15) is 0 Å². The van der Waals surface area contributed by atoms with Gasteiger partial charge < -0.3 is 9.47 Å². The van der Waals surface area contributed by atoms with Crippen molar-refractivity contribution in [1.29, 1.82) is 0 Å².